The number of aromatic nitrogens is 3. The highest BCUT2D eigenvalue weighted by Crippen LogP contribution is 2.18. The second-order valence-corrected chi connectivity index (χ2v) is 4.58. The summed E-state index contributed by atoms with van der Waals surface area (Å²) < 4.78 is 1.66. The summed E-state index contributed by atoms with van der Waals surface area (Å²) in [6.45, 7) is 2.79. The van der Waals surface area contributed by atoms with Crippen molar-refractivity contribution in [2.45, 2.75) is 19.1 Å². The van der Waals surface area contributed by atoms with Crippen molar-refractivity contribution in [3.8, 4) is 0 Å². The molecule has 0 fully saturated rings. The number of hydrogen-bond donors (Lipinski definition) is 2. The summed E-state index contributed by atoms with van der Waals surface area (Å²) in [5, 5.41) is 17.7. The van der Waals surface area contributed by atoms with Gasteiger partial charge in [-0.15, -0.1) is 0 Å². The Morgan fingerprint density at radius 1 is 1.33 bits per heavy atom. The van der Waals surface area contributed by atoms with Crippen molar-refractivity contribution in [2.24, 2.45) is 7.05 Å². The second kappa shape index (κ2) is 5.29. The van der Waals surface area contributed by atoms with E-state index in [4.69, 9.17) is 0 Å². The Morgan fingerprint density at radius 3 is 2.67 bits per heavy atom. The van der Waals surface area contributed by atoms with Gasteiger partial charge in [0.15, 0.2) is 5.82 Å². The number of aryl methyl sites for hydroxylation is 1. The maximum atomic E-state index is 10.4. The number of benzene rings is 1. The molecule has 0 aliphatic carbocycles. The third-order valence-electron chi connectivity index (χ3n) is 2.80. The van der Waals surface area contributed by atoms with Gasteiger partial charge in [-0.2, -0.15) is 5.10 Å². The van der Waals surface area contributed by atoms with Crippen LogP contribution in [0.5, 0.6) is 0 Å². The van der Waals surface area contributed by atoms with Crippen LogP contribution >= 0.6 is 0 Å². The van der Waals surface area contributed by atoms with E-state index in [-0.39, 0.29) is 0 Å². The molecule has 1 aromatic carbocycles. The lowest BCUT2D eigenvalue weighted by molar-refractivity contribution is 0.0565. The summed E-state index contributed by atoms with van der Waals surface area (Å²) in [7, 11) is 1.83. The molecule has 0 spiro atoms. The zero-order valence-corrected chi connectivity index (χ0v) is 10.7. The van der Waals surface area contributed by atoms with E-state index in [0.29, 0.717) is 13.1 Å². The topological polar surface area (TPSA) is 63.0 Å². The lowest BCUT2D eigenvalue weighted by atomic mass is 9.96. The van der Waals surface area contributed by atoms with Gasteiger partial charge >= 0.3 is 0 Å². The lowest BCUT2D eigenvalue weighted by Gasteiger charge is -2.24. The van der Waals surface area contributed by atoms with Crippen molar-refractivity contribution in [1.29, 1.82) is 0 Å². The smallest absolute Gasteiger partial charge is 0.164 e. The number of nitrogens with one attached hydrogen (secondary N) is 1. The summed E-state index contributed by atoms with van der Waals surface area (Å²) in [4.78, 5) is 4.12. The average Bonchev–Trinajstić information content (AvgIpc) is 2.76. The highest BCUT2D eigenvalue weighted by atomic mass is 16.3. The third-order valence-corrected chi connectivity index (χ3v) is 2.80. The van der Waals surface area contributed by atoms with Crippen molar-refractivity contribution in [3.05, 3.63) is 48.0 Å². The van der Waals surface area contributed by atoms with E-state index in [1.54, 1.807) is 17.9 Å². The molecular formula is C13H18N4O. The molecule has 5 heteroatoms. The molecular weight excluding hydrogens is 228 g/mol. The van der Waals surface area contributed by atoms with Gasteiger partial charge in [0.1, 0.15) is 6.33 Å². The Bertz CT molecular complexity index is 493. The highest BCUT2D eigenvalue weighted by molar-refractivity contribution is 5.21. The van der Waals surface area contributed by atoms with Gasteiger partial charge in [-0.25, -0.2) is 4.98 Å². The minimum Gasteiger partial charge on any atom is -0.384 e. The molecule has 0 saturated carbocycles. The van der Waals surface area contributed by atoms with Crippen LogP contribution < -0.4 is 5.32 Å². The fraction of sp³-hybridized carbons (Fsp3) is 0.385. The van der Waals surface area contributed by atoms with Crippen molar-refractivity contribution in [3.63, 3.8) is 0 Å². The normalized spacial score (nSPS) is 14.4. The molecule has 0 saturated heterocycles. The molecule has 96 valence electrons. The molecule has 2 aromatic rings. The molecule has 5 nitrogen and oxygen atoms in total. The Kier molecular flexibility index (Phi) is 3.74. The van der Waals surface area contributed by atoms with E-state index in [1.165, 1.54) is 0 Å². The molecule has 0 aliphatic rings. The van der Waals surface area contributed by atoms with Crippen LogP contribution in [0.2, 0.25) is 0 Å². The molecule has 0 amide bonds. The number of hydrogen-bond acceptors (Lipinski definition) is 4. The Labute approximate surface area is 106 Å². The van der Waals surface area contributed by atoms with Gasteiger partial charge in [0.05, 0.1) is 12.1 Å². The number of aliphatic hydroxyl groups is 1. The van der Waals surface area contributed by atoms with Crippen LogP contribution in [0, 0.1) is 0 Å². The maximum Gasteiger partial charge on any atom is 0.164 e. The van der Waals surface area contributed by atoms with Crippen molar-refractivity contribution in [1.82, 2.24) is 20.1 Å². The Hall–Kier alpha value is -1.72. The molecule has 18 heavy (non-hydrogen) atoms. The van der Waals surface area contributed by atoms with E-state index in [1.807, 2.05) is 37.4 Å². The molecule has 1 unspecified atom stereocenters. The van der Waals surface area contributed by atoms with Crippen molar-refractivity contribution in [2.75, 3.05) is 6.54 Å². The zero-order chi connectivity index (χ0) is 13.0. The third kappa shape index (κ3) is 3.15. The summed E-state index contributed by atoms with van der Waals surface area (Å²) in [5.41, 5.74) is 0.00207. The molecule has 0 aliphatic heterocycles. The van der Waals surface area contributed by atoms with Crippen molar-refractivity contribution >= 4 is 0 Å². The van der Waals surface area contributed by atoms with Crippen LogP contribution in [0.15, 0.2) is 36.7 Å². The van der Waals surface area contributed by atoms with E-state index in [9.17, 15) is 5.11 Å². The van der Waals surface area contributed by atoms with Gasteiger partial charge in [-0.1, -0.05) is 30.3 Å². The monoisotopic (exact) mass is 246 g/mol. The first-order valence-electron chi connectivity index (χ1n) is 5.91. The van der Waals surface area contributed by atoms with Gasteiger partial charge in [0.25, 0.3) is 0 Å². The van der Waals surface area contributed by atoms with Crippen LogP contribution in [-0.2, 0) is 19.2 Å². The summed E-state index contributed by atoms with van der Waals surface area (Å²) in [6, 6.07) is 9.61. The molecule has 2 N–H and O–H groups in total. The largest absolute Gasteiger partial charge is 0.384 e. The zero-order valence-electron chi connectivity index (χ0n) is 10.7. The average molecular weight is 246 g/mol. The first kappa shape index (κ1) is 12.7. The molecule has 2 rings (SSSR count). The summed E-state index contributed by atoms with van der Waals surface area (Å²) in [5.74, 6) is 0.723. The highest BCUT2D eigenvalue weighted by Gasteiger charge is 2.22. The second-order valence-electron chi connectivity index (χ2n) is 4.58. The summed E-state index contributed by atoms with van der Waals surface area (Å²) >= 11 is 0. The summed E-state index contributed by atoms with van der Waals surface area (Å²) in [6.07, 6.45) is 1.66. The van der Waals surface area contributed by atoms with Crippen LogP contribution in [0.4, 0.5) is 0 Å². The molecule has 0 radical (unpaired) electrons. The van der Waals surface area contributed by atoms with Gasteiger partial charge in [-0.3, -0.25) is 4.68 Å². The predicted molar refractivity (Wildman–Crippen MR) is 68.7 cm³/mol. The van der Waals surface area contributed by atoms with E-state index in [2.05, 4.69) is 15.4 Å². The van der Waals surface area contributed by atoms with Crippen LogP contribution in [0.3, 0.4) is 0 Å². The van der Waals surface area contributed by atoms with Crippen molar-refractivity contribution < 1.29 is 5.11 Å². The molecule has 1 atom stereocenters. The van der Waals surface area contributed by atoms with E-state index < -0.39 is 5.60 Å². The minimum atomic E-state index is -0.893. The fourth-order valence-corrected chi connectivity index (χ4v) is 1.78. The number of rotatable bonds is 5. The van der Waals surface area contributed by atoms with Gasteiger partial charge < -0.3 is 10.4 Å². The fourth-order valence-electron chi connectivity index (χ4n) is 1.78. The van der Waals surface area contributed by atoms with Gasteiger partial charge in [-0.05, 0) is 12.5 Å². The molecule has 0 bridgehead atoms. The van der Waals surface area contributed by atoms with Gasteiger partial charge in [0, 0.05) is 13.6 Å². The first-order chi connectivity index (χ1) is 8.58. The maximum absolute atomic E-state index is 10.4. The Morgan fingerprint density at radius 2 is 2.06 bits per heavy atom. The van der Waals surface area contributed by atoms with E-state index in [0.717, 1.165) is 11.4 Å². The quantitative estimate of drug-likeness (QED) is 0.819. The first-order valence-corrected chi connectivity index (χ1v) is 5.91. The van der Waals surface area contributed by atoms with E-state index >= 15 is 0 Å². The lowest BCUT2D eigenvalue weighted by Crippen LogP contribution is -2.35. The van der Waals surface area contributed by atoms with Crippen LogP contribution in [0.1, 0.15) is 18.3 Å². The SMILES string of the molecule is Cn1cnc(CNCC(C)(O)c2ccccc2)n1. The minimum absolute atomic E-state index is 0.454. The standard InChI is InChI=1S/C13H18N4O/c1-13(18,11-6-4-3-5-7-11)9-14-8-12-15-10-17(2)16-12/h3-7,10,14,18H,8-9H2,1-2H3. The number of nitrogens with zero attached hydrogens (tertiary/aromatic N) is 3. The predicted octanol–water partition coefficient (Wildman–Crippen LogP) is 0.812. The van der Waals surface area contributed by atoms with Gasteiger partial charge in [0.2, 0.25) is 0 Å². The van der Waals surface area contributed by atoms with Crippen LogP contribution in [0.25, 0.3) is 0 Å². The van der Waals surface area contributed by atoms with Crippen LogP contribution in [-0.4, -0.2) is 26.4 Å². The molecule has 1 aromatic heterocycles. The molecule has 1 heterocycles. The Balaban J connectivity index is 1.89.